The van der Waals surface area contributed by atoms with Crippen molar-refractivity contribution in [2.45, 2.75) is 6.42 Å². The van der Waals surface area contributed by atoms with Crippen molar-refractivity contribution < 1.29 is 18.3 Å². The summed E-state index contributed by atoms with van der Waals surface area (Å²) in [5.74, 6) is -1.07. The molecule has 5 rings (SSSR count). The van der Waals surface area contributed by atoms with Crippen molar-refractivity contribution >= 4 is 28.2 Å². The van der Waals surface area contributed by atoms with E-state index in [1.165, 1.54) is 12.1 Å². The normalized spacial score (nSPS) is 14.3. The molecule has 0 spiro atoms. The number of piperazine rings is 1. The molecular weight excluding hydrogens is 464 g/mol. The van der Waals surface area contributed by atoms with Gasteiger partial charge in [-0.15, -0.1) is 0 Å². The number of aromatic nitrogens is 2. The lowest BCUT2D eigenvalue weighted by atomic mass is 10.0. The number of amides is 1. The first-order valence-electron chi connectivity index (χ1n) is 11.7. The van der Waals surface area contributed by atoms with Gasteiger partial charge in [-0.1, -0.05) is 6.07 Å². The highest BCUT2D eigenvalue weighted by Crippen LogP contribution is 2.31. The second-order valence-corrected chi connectivity index (χ2v) is 9.04. The standard InChI is InChI=1S/C27H27F2N5O2/c1-33-7-9-34(10-8-33)21-4-6-24(25(16-21)36-2)30-27(35)26-22-14-17(3-5-23(22)31-32-26)11-18-12-19(28)15-20(29)13-18/h3-6,12-16H,7-11H2,1-2H3,(H,30,35)(H,31,32). The van der Waals surface area contributed by atoms with E-state index in [0.717, 1.165) is 43.5 Å². The molecule has 36 heavy (non-hydrogen) atoms. The topological polar surface area (TPSA) is 73.5 Å². The van der Waals surface area contributed by atoms with Crippen LogP contribution in [0.4, 0.5) is 20.2 Å². The van der Waals surface area contributed by atoms with Gasteiger partial charge in [-0.3, -0.25) is 9.89 Å². The summed E-state index contributed by atoms with van der Waals surface area (Å²) in [5.41, 5.74) is 3.81. The third-order valence-corrected chi connectivity index (χ3v) is 6.47. The maximum absolute atomic E-state index is 13.6. The van der Waals surface area contributed by atoms with Gasteiger partial charge >= 0.3 is 0 Å². The predicted molar refractivity (Wildman–Crippen MR) is 136 cm³/mol. The zero-order chi connectivity index (χ0) is 25.2. The van der Waals surface area contributed by atoms with Crippen molar-refractivity contribution in [3.05, 3.63) is 83.1 Å². The number of fused-ring (bicyclic) bond motifs is 1. The van der Waals surface area contributed by atoms with Gasteiger partial charge in [0.05, 0.1) is 18.3 Å². The Balaban J connectivity index is 1.36. The first-order chi connectivity index (χ1) is 17.4. The third kappa shape index (κ3) is 5.01. The van der Waals surface area contributed by atoms with Crippen LogP contribution in [0.1, 0.15) is 21.6 Å². The van der Waals surface area contributed by atoms with Crippen LogP contribution in [0.25, 0.3) is 10.9 Å². The van der Waals surface area contributed by atoms with Crippen molar-refractivity contribution in [1.82, 2.24) is 15.1 Å². The summed E-state index contributed by atoms with van der Waals surface area (Å²) in [6.07, 6.45) is 0.318. The van der Waals surface area contributed by atoms with E-state index in [2.05, 4.69) is 32.4 Å². The summed E-state index contributed by atoms with van der Waals surface area (Å²) in [5, 5.41) is 10.6. The number of ether oxygens (including phenoxy) is 1. The second-order valence-electron chi connectivity index (χ2n) is 9.04. The Morgan fingerprint density at radius 3 is 2.47 bits per heavy atom. The first kappa shape index (κ1) is 23.7. The smallest absolute Gasteiger partial charge is 0.276 e. The van der Waals surface area contributed by atoms with Gasteiger partial charge in [0.2, 0.25) is 0 Å². The molecule has 2 N–H and O–H groups in total. The van der Waals surface area contributed by atoms with Crippen LogP contribution in [0.2, 0.25) is 0 Å². The number of benzene rings is 3. The molecule has 1 amide bonds. The fourth-order valence-electron chi connectivity index (χ4n) is 4.52. The van der Waals surface area contributed by atoms with Crippen LogP contribution in [0, 0.1) is 11.6 Å². The fraction of sp³-hybridized carbons (Fsp3) is 0.259. The number of methoxy groups -OCH3 is 1. The number of rotatable bonds is 6. The second kappa shape index (κ2) is 9.94. The van der Waals surface area contributed by atoms with Crippen molar-refractivity contribution in [3.8, 4) is 5.75 Å². The van der Waals surface area contributed by atoms with E-state index >= 15 is 0 Å². The number of aromatic amines is 1. The van der Waals surface area contributed by atoms with E-state index in [1.807, 2.05) is 30.3 Å². The summed E-state index contributed by atoms with van der Waals surface area (Å²) >= 11 is 0. The minimum Gasteiger partial charge on any atom is -0.494 e. The monoisotopic (exact) mass is 491 g/mol. The van der Waals surface area contributed by atoms with Gasteiger partial charge < -0.3 is 19.9 Å². The van der Waals surface area contributed by atoms with E-state index in [0.29, 0.717) is 34.3 Å². The van der Waals surface area contributed by atoms with Crippen molar-refractivity contribution in [2.24, 2.45) is 0 Å². The minimum absolute atomic E-state index is 0.225. The lowest BCUT2D eigenvalue weighted by Gasteiger charge is -2.34. The molecule has 0 bridgehead atoms. The van der Waals surface area contributed by atoms with Gasteiger partial charge in [-0.25, -0.2) is 8.78 Å². The molecule has 186 valence electrons. The van der Waals surface area contributed by atoms with Gasteiger partial charge in [0.25, 0.3) is 5.91 Å². The molecule has 2 heterocycles. The van der Waals surface area contributed by atoms with Gasteiger partial charge in [0.15, 0.2) is 5.69 Å². The Kier molecular flexibility index (Phi) is 6.56. The summed E-state index contributed by atoms with van der Waals surface area (Å²) in [6, 6.07) is 14.6. The zero-order valence-corrected chi connectivity index (χ0v) is 20.1. The molecule has 1 aliphatic rings. The van der Waals surface area contributed by atoms with Crippen LogP contribution in [0.5, 0.6) is 5.75 Å². The highest BCUT2D eigenvalue weighted by Gasteiger charge is 2.19. The molecule has 0 unspecified atom stereocenters. The Hall–Kier alpha value is -3.98. The molecule has 9 heteroatoms. The van der Waals surface area contributed by atoms with Crippen molar-refractivity contribution in [1.29, 1.82) is 0 Å². The molecule has 0 radical (unpaired) electrons. The Morgan fingerprint density at radius 2 is 1.75 bits per heavy atom. The number of likely N-dealkylation sites (N-methyl/N-ethyl adjacent to an activating group) is 1. The molecule has 1 aliphatic heterocycles. The van der Waals surface area contributed by atoms with Crippen molar-refractivity contribution in [3.63, 3.8) is 0 Å². The van der Waals surface area contributed by atoms with Crippen molar-refractivity contribution in [2.75, 3.05) is 50.6 Å². The van der Waals surface area contributed by atoms with Gasteiger partial charge in [-0.2, -0.15) is 5.10 Å². The Labute approximate surface area is 207 Å². The molecule has 1 aromatic heterocycles. The summed E-state index contributed by atoms with van der Waals surface area (Å²) in [6.45, 7) is 3.83. The molecule has 1 saturated heterocycles. The number of nitrogens with zero attached hydrogens (tertiary/aromatic N) is 3. The molecular formula is C27H27F2N5O2. The molecule has 1 fully saturated rings. The van der Waals surface area contributed by atoms with E-state index < -0.39 is 11.6 Å². The number of hydrogen-bond acceptors (Lipinski definition) is 5. The number of nitrogens with one attached hydrogen (secondary N) is 2. The van der Waals surface area contributed by atoms with Crippen LogP contribution in [0.3, 0.4) is 0 Å². The highest BCUT2D eigenvalue weighted by atomic mass is 19.1. The third-order valence-electron chi connectivity index (χ3n) is 6.47. The zero-order valence-electron chi connectivity index (χ0n) is 20.1. The SMILES string of the molecule is COc1cc(N2CCN(C)CC2)ccc1NC(=O)c1n[nH]c2ccc(Cc3cc(F)cc(F)c3)cc12. The maximum atomic E-state index is 13.6. The largest absolute Gasteiger partial charge is 0.494 e. The predicted octanol–water partition coefficient (Wildman–Crippen LogP) is 4.44. The van der Waals surface area contributed by atoms with Gasteiger partial charge in [0.1, 0.15) is 17.4 Å². The highest BCUT2D eigenvalue weighted by molar-refractivity contribution is 6.11. The summed E-state index contributed by atoms with van der Waals surface area (Å²) in [7, 11) is 3.68. The quantitative estimate of drug-likeness (QED) is 0.417. The number of hydrogen-bond donors (Lipinski definition) is 2. The Bertz CT molecular complexity index is 1390. The fourth-order valence-corrected chi connectivity index (χ4v) is 4.52. The van der Waals surface area contributed by atoms with E-state index in [9.17, 15) is 13.6 Å². The average molecular weight is 492 g/mol. The van der Waals surface area contributed by atoms with E-state index in [-0.39, 0.29) is 11.6 Å². The molecule has 0 atom stereocenters. The molecule has 0 aliphatic carbocycles. The Morgan fingerprint density at radius 1 is 1.00 bits per heavy atom. The molecule has 4 aromatic rings. The lowest BCUT2D eigenvalue weighted by molar-refractivity contribution is 0.102. The molecule has 3 aromatic carbocycles. The van der Waals surface area contributed by atoms with Crippen LogP contribution in [-0.2, 0) is 6.42 Å². The van der Waals surface area contributed by atoms with Gasteiger partial charge in [0, 0.05) is 49.4 Å². The summed E-state index contributed by atoms with van der Waals surface area (Å²) < 4.78 is 32.8. The number of halogens is 2. The van der Waals surface area contributed by atoms with Crippen LogP contribution < -0.4 is 15.0 Å². The lowest BCUT2D eigenvalue weighted by Crippen LogP contribution is -2.44. The van der Waals surface area contributed by atoms with Gasteiger partial charge in [-0.05, 0) is 61.0 Å². The van der Waals surface area contributed by atoms with E-state index in [1.54, 1.807) is 13.2 Å². The summed E-state index contributed by atoms with van der Waals surface area (Å²) in [4.78, 5) is 17.8. The number of anilines is 2. The number of carbonyl (C=O) groups excluding carboxylic acids is 1. The van der Waals surface area contributed by atoms with E-state index in [4.69, 9.17) is 4.74 Å². The van der Waals surface area contributed by atoms with Crippen LogP contribution in [0.15, 0.2) is 54.6 Å². The van der Waals surface area contributed by atoms with Crippen LogP contribution >= 0.6 is 0 Å². The molecule has 7 nitrogen and oxygen atoms in total. The van der Waals surface area contributed by atoms with Crippen LogP contribution in [-0.4, -0.2) is 61.3 Å². The minimum atomic E-state index is -0.623. The molecule has 0 saturated carbocycles. The maximum Gasteiger partial charge on any atom is 0.276 e. The first-order valence-corrected chi connectivity index (χ1v) is 11.7. The average Bonchev–Trinajstić information content (AvgIpc) is 3.27. The number of carbonyl (C=O) groups is 1. The number of H-pyrrole nitrogens is 1.